The first-order chi connectivity index (χ1) is 8.48. The average molecular weight is 279 g/mol. The van der Waals surface area contributed by atoms with Crippen LogP contribution in [0.1, 0.15) is 5.56 Å². The van der Waals surface area contributed by atoms with Crippen molar-refractivity contribution < 1.29 is 0 Å². The normalized spacial score (nSPS) is 12.2. The van der Waals surface area contributed by atoms with Gasteiger partial charge in [0.25, 0.3) is 0 Å². The van der Waals surface area contributed by atoms with Gasteiger partial charge in [0, 0.05) is 6.54 Å². The number of likely N-dealkylation sites (N-methyl/N-ethyl adjacent to an activating group) is 1. The van der Waals surface area contributed by atoms with E-state index in [4.69, 9.17) is 22.8 Å². The summed E-state index contributed by atoms with van der Waals surface area (Å²) in [5.74, 6) is 0. The van der Waals surface area contributed by atoms with E-state index < -0.39 is 6.49 Å². The second-order valence-corrected chi connectivity index (χ2v) is 8.22. The molecule has 2 rings (SSSR count). The molecule has 96 valence electrons. The van der Waals surface area contributed by atoms with Crippen LogP contribution in [0, 0.1) is 0 Å². The maximum absolute atomic E-state index is 5.79. The highest BCUT2D eigenvalue weighted by Crippen LogP contribution is 2.30. The predicted molar refractivity (Wildman–Crippen MR) is 82.9 cm³/mol. The second-order valence-electron chi connectivity index (χ2n) is 4.44. The average Bonchev–Trinajstić information content (AvgIpc) is 2.34. The highest BCUT2D eigenvalue weighted by Gasteiger charge is 2.11. The first-order valence-corrected chi connectivity index (χ1v) is 8.73. The minimum absolute atomic E-state index is 0.790. The molecule has 18 heavy (non-hydrogen) atoms. The molecule has 2 aromatic carbocycles. The molecule has 0 aliphatic heterocycles. The molecule has 0 aliphatic rings. The highest BCUT2D eigenvalue weighted by molar-refractivity contribution is 8.11. The Morgan fingerprint density at radius 3 is 2.50 bits per heavy atom. The van der Waals surface area contributed by atoms with Crippen LogP contribution in [0.5, 0.6) is 0 Å². The van der Waals surface area contributed by atoms with Gasteiger partial charge in [-0.05, 0) is 41.6 Å². The first-order valence-electron chi connectivity index (χ1n) is 5.84. The van der Waals surface area contributed by atoms with Crippen LogP contribution in [0.25, 0.3) is 10.8 Å². The monoisotopic (exact) mass is 279 g/mol. The lowest BCUT2D eigenvalue weighted by atomic mass is 10.0. The molecule has 0 unspecified atom stereocenters. The first kappa shape index (κ1) is 13.7. The third kappa shape index (κ3) is 3.16. The topological polar surface area (TPSA) is 55.3 Å². The molecule has 4 N–H and O–H groups in total. The van der Waals surface area contributed by atoms with Crippen LogP contribution in [0.2, 0.25) is 0 Å². The van der Waals surface area contributed by atoms with Crippen LogP contribution in [-0.2, 0) is 18.2 Å². The van der Waals surface area contributed by atoms with Crippen molar-refractivity contribution in [1.29, 1.82) is 0 Å². The summed E-state index contributed by atoms with van der Waals surface area (Å²) in [6.45, 7) is -1.50. The summed E-state index contributed by atoms with van der Waals surface area (Å²) in [7, 11) is 1.89. The van der Waals surface area contributed by atoms with E-state index in [1.807, 2.05) is 11.7 Å². The van der Waals surface area contributed by atoms with E-state index in [0.717, 1.165) is 13.0 Å². The molecule has 2 aromatic rings. The summed E-state index contributed by atoms with van der Waals surface area (Å²) in [6, 6.07) is 14.7. The third-order valence-electron chi connectivity index (χ3n) is 3.12. The van der Waals surface area contributed by atoms with Crippen molar-refractivity contribution >= 4 is 29.1 Å². The van der Waals surface area contributed by atoms with Gasteiger partial charge in [0.15, 0.2) is 0 Å². The lowest BCUT2D eigenvalue weighted by Crippen LogP contribution is -2.26. The van der Waals surface area contributed by atoms with E-state index in [-0.39, 0.29) is 0 Å². The molecule has 0 fully saturated rings. The zero-order chi connectivity index (χ0) is 13.2. The number of nitrogens with two attached hydrogens (primary N) is 2. The molecule has 3 nitrogen and oxygen atoms in total. The number of benzene rings is 2. The number of hydrogen-bond acceptors (Lipinski definition) is 1. The lowest BCUT2D eigenvalue weighted by molar-refractivity contribution is 0.549. The maximum atomic E-state index is 5.79. The van der Waals surface area contributed by atoms with Crippen molar-refractivity contribution in [1.82, 2.24) is 4.67 Å². The Balaban J connectivity index is 2.20. The molecule has 0 amide bonds. The van der Waals surface area contributed by atoms with Gasteiger partial charge in [-0.2, -0.15) is 0 Å². The van der Waals surface area contributed by atoms with Gasteiger partial charge in [-0.25, -0.2) is 0 Å². The molecule has 0 bridgehead atoms. The Labute approximate surface area is 113 Å². The summed E-state index contributed by atoms with van der Waals surface area (Å²) in [5.41, 5.74) is 12.9. The van der Waals surface area contributed by atoms with Gasteiger partial charge in [-0.15, -0.1) is 0 Å². The number of rotatable bonds is 4. The lowest BCUT2D eigenvalue weighted by Gasteiger charge is -2.24. The second kappa shape index (κ2) is 5.47. The SMILES string of the molecule is CN(CCc1cccc2ccccc12)P(N)(N)=S. The summed E-state index contributed by atoms with van der Waals surface area (Å²) < 4.78 is 1.89. The van der Waals surface area contributed by atoms with Crippen LogP contribution < -0.4 is 11.0 Å². The van der Waals surface area contributed by atoms with E-state index >= 15 is 0 Å². The molecule has 0 saturated heterocycles. The van der Waals surface area contributed by atoms with Crippen molar-refractivity contribution in [3.8, 4) is 0 Å². The van der Waals surface area contributed by atoms with Crippen LogP contribution >= 0.6 is 6.49 Å². The molecule has 0 atom stereocenters. The Kier molecular flexibility index (Phi) is 4.15. The van der Waals surface area contributed by atoms with E-state index in [9.17, 15) is 0 Å². The Bertz CT molecular complexity index is 588. The third-order valence-corrected chi connectivity index (χ3v) is 5.22. The fraction of sp³-hybridized carbons (Fsp3) is 0.231. The van der Waals surface area contributed by atoms with Crippen molar-refractivity contribution in [3.63, 3.8) is 0 Å². The van der Waals surface area contributed by atoms with Gasteiger partial charge >= 0.3 is 0 Å². The zero-order valence-corrected chi connectivity index (χ0v) is 12.1. The van der Waals surface area contributed by atoms with Crippen LogP contribution in [-0.4, -0.2) is 18.3 Å². The highest BCUT2D eigenvalue weighted by atomic mass is 32.4. The van der Waals surface area contributed by atoms with E-state index in [1.54, 1.807) is 0 Å². The molecular formula is C13H18N3PS. The Morgan fingerprint density at radius 1 is 1.11 bits per heavy atom. The van der Waals surface area contributed by atoms with Gasteiger partial charge in [0.1, 0.15) is 6.49 Å². The van der Waals surface area contributed by atoms with Crippen molar-refractivity contribution in [2.45, 2.75) is 6.42 Å². The fourth-order valence-electron chi connectivity index (χ4n) is 1.95. The summed E-state index contributed by atoms with van der Waals surface area (Å²) >= 11 is 5.11. The molecule has 0 aliphatic carbocycles. The van der Waals surface area contributed by atoms with E-state index in [1.165, 1.54) is 16.3 Å². The minimum Gasteiger partial charge on any atom is -0.279 e. The molecule has 0 radical (unpaired) electrons. The summed E-state index contributed by atoms with van der Waals surface area (Å²) in [4.78, 5) is 0. The summed E-state index contributed by atoms with van der Waals surface area (Å²) in [6.07, 6.45) is 0.907. The quantitative estimate of drug-likeness (QED) is 0.844. The van der Waals surface area contributed by atoms with Crippen molar-refractivity contribution in [2.75, 3.05) is 13.6 Å². The predicted octanol–water partition coefficient (Wildman–Crippen LogP) is 2.46. The van der Waals surface area contributed by atoms with E-state index in [2.05, 4.69) is 42.5 Å². The molecule has 0 heterocycles. The molecule has 0 spiro atoms. The van der Waals surface area contributed by atoms with Gasteiger partial charge in [0.05, 0.1) is 0 Å². The number of fused-ring (bicyclic) bond motifs is 1. The Hall–Kier alpha value is -0.770. The number of nitrogens with zero attached hydrogens (tertiary/aromatic N) is 1. The maximum Gasteiger partial charge on any atom is 0.134 e. The minimum atomic E-state index is -2.29. The van der Waals surface area contributed by atoms with Crippen LogP contribution in [0.15, 0.2) is 42.5 Å². The van der Waals surface area contributed by atoms with Crippen LogP contribution in [0.3, 0.4) is 0 Å². The van der Waals surface area contributed by atoms with Gasteiger partial charge in [0.2, 0.25) is 0 Å². The molecule has 0 saturated carbocycles. The smallest absolute Gasteiger partial charge is 0.134 e. The van der Waals surface area contributed by atoms with Gasteiger partial charge < -0.3 is 0 Å². The van der Waals surface area contributed by atoms with E-state index in [0.29, 0.717) is 0 Å². The largest absolute Gasteiger partial charge is 0.279 e. The molecule has 5 heteroatoms. The number of hydrogen-bond donors (Lipinski definition) is 2. The van der Waals surface area contributed by atoms with Crippen molar-refractivity contribution in [2.24, 2.45) is 11.0 Å². The van der Waals surface area contributed by atoms with Gasteiger partial charge in [-0.1, -0.05) is 42.5 Å². The molecule has 0 aromatic heterocycles. The summed E-state index contributed by atoms with van der Waals surface area (Å²) in [5, 5.41) is 2.55. The standard InChI is InChI=1S/C13H18N3PS/c1-16(17(14,15)18)10-9-12-7-4-6-11-5-2-3-8-13(11)12/h2-8H,9-10H2,1H3,(H4,14,15,18). The zero-order valence-electron chi connectivity index (χ0n) is 10.4. The van der Waals surface area contributed by atoms with Crippen LogP contribution in [0.4, 0.5) is 0 Å². The fourth-order valence-corrected chi connectivity index (χ4v) is 2.61. The van der Waals surface area contributed by atoms with Crippen molar-refractivity contribution in [3.05, 3.63) is 48.0 Å². The Morgan fingerprint density at radius 2 is 1.78 bits per heavy atom. The van der Waals surface area contributed by atoms with Gasteiger partial charge in [-0.3, -0.25) is 15.7 Å². The molecular weight excluding hydrogens is 261 g/mol.